The first-order valence-corrected chi connectivity index (χ1v) is 12.3. The summed E-state index contributed by atoms with van der Waals surface area (Å²) in [7, 11) is -2.47. The van der Waals surface area contributed by atoms with E-state index in [0.717, 1.165) is 55.1 Å². The molecule has 0 N–H and O–H groups in total. The van der Waals surface area contributed by atoms with Gasteiger partial charge < -0.3 is 4.11 Å². The lowest BCUT2D eigenvalue weighted by molar-refractivity contribution is 0.445. The summed E-state index contributed by atoms with van der Waals surface area (Å²) < 4.78 is 54.3. The highest BCUT2D eigenvalue weighted by Gasteiger charge is 2.38. The lowest BCUT2D eigenvalue weighted by atomic mass is 9.92. The number of hydrogen-bond acceptors (Lipinski definition) is 0. The summed E-state index contributed by atoms with van der Waals surface area (Å²) >= 11 is 0. The molecular formula is C22H26F4Si. The largest absolute Gasteiger partial charge is 0.314 e. The summed E-state index contributed by atoms with van der Waals surface area (Å²) in [5.74, 6) is -3.27. The molecule has 0 saturated carbocycles. The molecule has 0 radical (unpaired) electrons. The predicted octanol–water partition coefficient (Wildman–Crippen LogP) is 7.09. The summed E-state index contributed by atoms with van der Waals surface area (Å²) in [5, 5.41) is 0. The molecule has 0 amide bonds. The summed E-state index contributed by atoms with van der Waals surface area (Å²) in [5.41, 5.74) is 2.77. The summed E-state index contributed by atoms with van der Waals surface area (Å²) in [4.78, 5) is 0. The maximum absolute atomic E-state index is 14.7. The Morgan fingerprint density at radius 3 is 2.00 bits per heavy atom. The summed E-state index contributed by atoms with van der Waals surface area (Å²) in [6.45, 7) is 2.06. The first-order chi connectivity index (χ1) is 12.9. The molecule has 3 rings (SSSR count). The second kappa shape index (κ2) is 8.59. The van der Waals surface area contributed by atoms with Gasteiger partial charge in [0.1, 0.15) is 0 Å². The van der Waals surface area contributed by atoms with Gasteiger partial charge in [-0.2, -0.15) is 0 Å². The minimum Gasteiger partial charge on any atom is -0.314 e. The van der Waals surface area contributed by atoms with Crippen molar-refractivity contribution in [2.24, 2.45) is 0 Å². The number of aryl methyl sites for hydroxylation is 2. The Labute approximate surface area is 159 Å². The third-order valence-corrected chi connectivity index (χ3v) is 9.54. The van der Waals surface area contributed by atoms with Gasteiger partial charge in [0, 0.05) is 0 Å². The zero-order valence-electron chi connectivity index (χ0n) is 15.7. The fraction of sp³-hybridized carbons (Fsp3) is 0.455. The molecule has 5 heteroatoms. The fourth-order valence-electron chi connectivity index (χ4n) is 4.16. The Hall–Kier alpha value is -1.62. The highest BCUT2D eigenvalue weighted by molar-refractivity contribution is 6.73. The van der Waals surface area contributed by atoms with E-state index in [-0.39, 0.29) is 0 Å². The summed E-state index contributed by atoms with van der Waals surface area (Å²) in [6, 6.07) is 12.7. The van der Waals surface area contributed by atoms with E-state index < -0.39 is 25.9 Å². The molecular weight excluding hydrogens is 368 g/mol. The molecule has 1 aliphatic heterocycles. The van der Waals surface area contributed by atoms with Gasteiger partial charge >= 0.3 is 0 Å². The first kappa shape index (κ1) is 20.1. The van der Waals surface area contributed by atoms with Gasteiger partial charge in [-0.15, -0.1) is 0 Å². The van der Waals surface area contributed by atoms with Crippen LogP contribution in [0, 0.1) is 17.5 Å². The van der Waals surface area contributed by atoms with E-state index in [1.807, 2.05) is 12.1 Å². The monoisotopic (exact) mass is 394 g/mol. The van der Waals surface area contributed by atoms with Crippen molar-refractivity contribution in [1.82, 2.24) is 0 Å². The molecule has 1 fully saturated rings. The predicted molar refractivity (Wildman–Crippen MR) is 104 cm³/mol. The zero-order valence-corrected chi connectivity index (χ0v) is 16.7. The highest BCUT2D eigenvalue weighted by Crippen LogP contribution is 2.41. The average molecular weight is 395 g/mol. The molecule has 146 valence electrons. The van der Waals surface area contributed by atoms with Gasteiger partial charge in [-0.3, -0.25) is 0 Å². The third-order valence-electron chi connectivity index (χ3n) is 5.78. The second-order valence-corrected chi connectivity index (χ2v) is 11.6. The normalized spacial score (nSPS) is 22.8. The van der Waals surface area contributed by atoms with Crippen LogP contribution in [0.15, 0.2) is 36.4 Å². The quantitative estimate of drug-likeness (QED) is 0.212. The maximum atomic E-state index is 14.7. The molecule has 0 nitrogen and oxygen atoms in total. The van der Waals surface area contributed by atoms with Crippen LogP contribution < -0.4 is 0 Å². The van der Waals surface area contributed by atoms with Gasteiger partial charge in [0.25, 0.3) is 0 Å². The van der Waals surface area contributed by atoms with Crippen molar-refractivity contribution < 1.29 is 17.3 Å². The van der Waals surface area contributed by atoms with Crippen molar-refractivity contribution in [2.45, 2.75) is 63.1 Å². The fourth-order valence-corrected chi connectivity index (χ4v) is 7.54. The van der Waals surface area contributed by atoms with Crippen LogP contribution in [-0.4, -0.2) is 8.41 Å². The van der Waals surface area contributed by atoms with Crippen LogP contribution >= 0.6 is 0 Å². The molecule has 27 heavy (non-hydrogen) atoms. The molecule has 0 aliphatic carbocycles. The highest BCUT2D eigenvalue weighted by atomic mass is 28.4. The topological polar surface area (TPSA) is 0 Å². The van der Waals surface area contributed by atoms with Crippen LogP contribution in [0.5, 0.6) is 0 Å². The van der Waals surface area contributed by atoms with Gasteiger partial charge in [-0.05, 0) is 78.6 Å². The van der Waals surface area contributed by atoms with Gasteiger partial charge in [0.05, 0.1) is 0 Å². The molecule has 0 atom stereocenters. The zero-order chi connectivity index (χ0) is 19.4. The van der Waals surface area contributed by atoms with Crippen molar-refractivity contribution in [2.75, 3.05) is 0 Å². The SMILES string of the molecule is CCC[Si]1(F)CCC(c2ccc(CCc3cc(F)c(F)c(F)c3)cc2)CC1. The van der Waals surface area contributed by atoms with E-state index in [1.165, 1.54) is 5.56 Å². The van der Waals surface area contributed by atoms with Crippen molar-refractivity contribution in [3.8, 4) is 0 Å². The van der Waals surface area contributed by atoms with Crippen molar-refractivity contribution in [3.05, 3.63) is 70.5 Å². The van der Waals surface area contributed by atoms with Crippen molar-refractivity contribution in [1.29, 1.82) is 0 Å². The molecule has 1 heterocycles. The van der Waals surface area contributed by atoms with E-state index in [2.05, 4.69) is 19.1 Å². The number of rotatable bonds is 6. The van der Waals surface area contributed by atoms with E-state index in [4.69, 9.17) is 0 Å². The van der Waals surface area contributed by atoms with Gasteiger partial charge in [-0.1, -0.05) is 37.6 Å². The Kier molecular flexibility index (Phi) is 6.40. The Bertz CT molecular complexity index is 741. The molecule has 0 bridgehead atoms. The van der Waals surface area contributed by atoms with Crippen LogP contribution in [-0.2, 0) is 12.8 Å². The van der Waals surface area contributed by atoms with E-state index in [9.17, 15) is 17.3 Å². The van der Waals surface area contributed by atoms with Gasteiger partial charge in [0.2, 0.25) is 8.41 Å². The average Bonchev–Trinajstić information content (AvgIpc) is 2.65. The Balaban J connectivity index is 1.57. The van der Waals surface area contributed by atoms with Crippen LogP contribution in [0.2, 0.25) is 18.1 Å². The minimum absolute atomic E-state index is 0.438. The first-order valence-electron chi connectivity index (χ1n) is 9.81. The molecule has 0 spiro atoms. The number of benzene rings is 2. The third kappa shape index (κ3) is 5.01. The second-order valence-electron chi connectivity index (χ2n) is 7.79. The van der Waals surface area contributed by atoms with Crippen LogP contribution in [0.25, 0.3) is 0 Å². The standard InChI is InChI=1S/C22H26F4Si/c1-2-11-27(26)12-9-19(10-13-27)18-7-5-16(6-8-18)3-4-17-14-20(23)22(25)21(24)15-17/h5-8,14-15,19H,2-4,9-13H2,1H3. The van der Waals surface area contributed by atoms with Crippen molar-refractivity contribution >= 4 is 8.41 Å². The minimum atomic E-state index is -2.47. The summed E-state index contributed by atoms with van der Waals surface area (Å²) in [6.07, 6.45) is 3.91. The molecule has 1 saturated heterocycles. The smallest absolute Gasteiger partial charge is 0.247 e. The molecule has 2 aromatic carbocycles. The molecule has 1 aliphatic rings. The molecule has 0 aromatic heterocycles. The maximum Gasteiger partial charge on any atom is 0.247 e. The van der Waals surface area contributed by atoms with Gasteiger partial charge in [-0.25, -0.2) is 13.2 Å². The van der Waals surface area contributed by atoms with Crippen molar-refractivity contribution in [3.63, 3.8) is 0 Å². The number of hydrogen-bond donors (Lipinski definition) is 0. The van der Waals surface area contributed by atoms with Crippen LogP contribution in [0.3, 0.4) is 0 Å². The van der Waals surface area contributed by atoms with E-state index in [0.29, 0.717) is 24.3 Å². The van der Waals surface area contributed by atoms with E-state index >= 15 is 0 Å². The Morgan fingerprint density at radius 1 is 0.889 bits per heavy atom. The number of halogens is 4. The lowest BCUT2D eigenvalue weighted by Crippen LogP contribution is -2.32. The van der Waals surface area contributed by atoms with Crippen LogP contribution in [0.1, 0.15) is 48.8 Å². The lowest BCUT2D eigenvalue weighted by Gasteiger charge is -2.32. The van der Waals surface area contributed by atoms with Gasteiger partial charge in [0.15, 0.2) is 17.5 Å². The molecule has 2 aromatic rings. The Morgan fingerprint density at radius 2 is 1.44 bits per heavy atom. The van der Waals surface area contributed by atoms with E-state index in [1.54, 1.807) is 0 Å². The van der Waals surface area contributed by atoms with Crippen LogP contribution in [0.4, 0.5) is 17.3 Å². The molecule has 0 unspecified atom stereocenters.